The van der Waals surface area contributed by atoms with Crippen LogP contribution in [0.1, 0.15) is 37.4 Å². The molecule has 0 bridgehead atoms. The van der Waals surface area contributed by atoms with Gasteiger partial charge in [-0.3, -0.25) is 0 Å². The zero-order valence-electron chi connectivity index (χ0n) is 9.69. The molecule has 1 heterocycles. The number of nitrogen functional groups attached to an aromatic ring is 1. The van der Waals surface area contributed by atoms with Crippen LogP contribution in [0.5, 0.6) is 0 Å². The molecule has 1 aromatic rings. The van der Waals surface area contributed by atoms with Crippen molar-refractivity contribution in [1.82, 2.24) is 9.97 Å². The van der Waals surface area contributed by atoms with Gasteiger partial charge in [0.25, 0.3) is 0 Å². The van der Waals surface area contributed by atoms with Gasteiger partial charge in [-0.1, -0.05) is 0 Å². The van der Waals surface area contributed by atoms with Crippen LogP contribution in [-0.4, -0.2) is 23.6 Å². The first-order chi connectivity index (χ1) is 7.72. The monoisotopic (exact) mass is 218 g/mol. The molecule has 0 aromatic carbocycles. The Labute approximate surface area is 95.9 Å². The predicted octanol–water partition coefficient (Wildman–Crippen LogP) is 1.78. The molecule has 2 N–H and O–H groups in total. The molecule has 86 valence electrons. The summed E-state index contributed by atoms with van der Waals surface area (Å²) in [4.78, 5) is 11.1. The van der Waals surface area contributed by atoms with E-state index >= 15 is 0 Å². The quantitative estimate of drug-likeness (QED) is 0.837. The summed E-state index contributed by atoms with van der Waals surface area (Å²) >= 11 is 0. The van der Waals surface area contributed by atoms with Crippen molar-refractivity contribution in [3.05, 3.63) is 11.9 Å². The van der Waals surface area contributed by atoms with E-state index in [4.69, 9.17) is 5.73 Å². The summed E-state index contributed by atoms with van der Waals surface area (Å²) in [6, 6.07) is 1.88. The van der Waals surface area contributed by atoms with Crippen LogP contribution in [-0.2, 0) is 0 Å². The summed E-state index contributed by atoms with van der Waals surface area (Å²) in [5.74, 6) is 3.97. The van der Waals surface area contributed by atoms with Crippen LogP contribution in [0.4, 0.5) is 11.6 Å². The van der Waals surface area contributed by atoms with E-state index in [1.54, 1.807) is 0 Å². The maximum absolute atomic E-state index is 5.83. The number of aromatic nitrogens is 2. The molecule has 0 aliphatic heterocycles. The molecule has 0 amide bonds. The molecule has 0 atom stereocenters. The molecule has 2 fully saturated rings. The van der Waals surface area contributed by atoms with E-state index in [0.29, 0.717) is 11.7 Å². The molecule has 0 unspecified atom stereocenters. The standard InChI is InChI=1S/C12H18N4/c1-16(7-8-2-3-8)11-6-10(13)14-12(15-11)9-4-5-9/h6,8-9H,2-5,7H2,1H3,(H2,13,14,15). The van der Waals surface area contributed by atoms with Crippen molar-refractivity contribution >= 4 is 11.6 Å². The van der Waals surface area contributed by atoms with E-state index in [1.807, 2.05) is 6.07 Å². The minimum atomic E-state index is 0.566. The molecule has 1 aromatic heterocycles. The molecule has 0 radical (unpaired) electrons. The van der Waals surface area contributed by atoms with Crippen LogP contribution < -0.4 is 10.6 Å². The fourth-order valence-electron chi connectivity index (χ4n) is 1.97. The lowest BCUT2D eigenvalue weighted by Gasteiger charge is -2.18. The first-order valence-electron chi connectivity index (χ1n) is 6.08. The van der Waals surface area contributed by atoms with E-state index < -0.39 is 0 Å². The fraction of sp³-hybridized carbons (Fsp3) is 0.667. The highest BCUT2D eigenvalue weighted by Gasteiger charge is 2.28. The summed E-state index contributed by atoms with van der Waals surface area (Å²) in [6.45, 7) is 1.10. The highest BCUT2D eigenvalue weighted by Crippen LogP contribution is 2.39. The second kappa shape index (κ2) is 3.61. The van der Waals surface area contributed by atoms with Crippen molar-refractivity contribution in [1.29, 1.82) is 0 Å². The Kier molecular flexibility index (Phi) is 2.23. The molecule has 2 aliphatic rings. The van der Waals surface area contributed by atoms with E-state index in [1.165, 1.54) is 25.7 Å². The first kappa shape index (κ1) is 9.87. The molecular weight excluding hydrogens is 200 g/mol. The highest BCUT2D eigenvalue weighted by molar-refractivity contribution is 5.47. The Bertz CT molecular complexity index is 396. The number of nitrogens with two attached hydrogens (primary N) is 1. The lowest BCUT2D eigenvalue weighted by Crippen LogP contribution is -2.22. The maximum atomic E-state index is 5.83. The van der Waals surface area contributed by atoms with Gasteiger partial charge < -0.3 is 10.6 Å². The first-order valence-corrected chi connectivity index (χ1v) is 6.08. The zero-order valence-corrected chi connectivity index (χ0v) is 9.69. The second-order valence-electron chi connectivity index (χ2n) is 5.11. The lowest BCUT2D eigenvalue weighted by atomic mass is 10.3. The molecule has 16 heavy (non-hydrogen) atoms. The van der Waals surface area contributed by atoms with Crippen molar-refractivity contribution in [2.75, 3.05) is 24.2 Å². The number of nitrogens with zero attached hydrogens (tertiary/aromatic N) is 3. The summed E-state index contributed by atoms with van der Waals surface area (Å²) in [5, 5.41) is 0. The van der Waals surface area contributed by atoms with Crippen molar-refractivity contribution < 1.29 is 0 Å². The number of hydrogen-bond donors (Lipinski definition) is 1. The average Bonchev–Trinajstić information content (AvgIpc) is 3.11. The fourth-order valence-corrected chi connectivity index (χ4v) is 1.97. The SMILES string of the molecule is CN(CC1CC1)c1cc(N)nc(C2CC2)n1. The summed E-state index contributed by atoms with van der Waals surface area (Å²) in [7, 11) is 2.09. The van der Waals surface area contributed by atoms with Crippen LogP contribution in [0, 0.1) is 5.92 Å². The Morgan fingerprint density at radius 3 is 2.69 bits per heavy atom. The Morgan fingerprint density at radius 1 is 1.31 bits per heavy atom. The minimum Gasteiger partial charge on any atom is -0.384 e. The van der Waals surface area contributed by atoms with E-state index in [-0.39, 0.29) is 0 Å². The second-order valence-corrected chi connectivity index (χ2v) is 5.11. The van der Waals surface area contributed by atoms with Crippen LogP contribution >= 0.6 is 0 Å². The molecule has 2 aliphatic carbocycles. The molecule has 3 rings (SSSR count). The van der Waals surface area contributed by atoms with Crippen molar-refractivity contribution in [3.63, 3.8) is 0 Å². The van der Waals surface area contributed by atoms with E-state index in [2.05, 4.69) is 21.9 Å². The number of anilines is 2. The van der Waals surface area contributed by atoms with Crippen molar-refractivity contribution in [3.8, 4) is 0 Å². The van der Waals surface area contributed by atoms with Gasteiger partial charge in [0.15, 0.2) is 0 Å². The normalized spacial score (nSPS) is 19.8. The van der Waals surface area contributed by atoms with Gasteiger partial charge in [0, 0.05) is 25.6 Å². The predicted molar refractivity (Wildman–Crippen MR) is 64.4 cm³/mol. The molecule has 0 saturated heterocycles. The Morgan fingerprint density at radius 2 is 2.06 bits per heavy atom. The number of hydrogen-bond acceptors (Lipinski definition) is 4. The largest absolute Gasteiger partial charge is 0.384 e. The minimum absolute atomic E-state index is 0.566. The third-order valence-corrected chi connectivity index (χ3v) is 3.31. The van der Waals surface area contributed by atoms with Crippen LogP contribution in [0.2, 0.25) is 0 Å². The smallest absolute Gasteiger partial charge is 0.136 e. The van der Waals surface area contributed by atoms with Gasteiger partial charge in [-0.2, -0.15) is 0 Å². The molecule has 0 spiro atoms. The molecule has 4 nitrogen and oxygen atoms in total. The molecule has 4 heteroatoms. The third-order valence-electron chi connectivity index (χ3n) is 3.31. The van der Waals surface area contributed by atoms with Crippen molar-refractivity contribution in [2.24, 2.45) is 5.92 Å². The molecular formula is C12H18N4. The summed E-state index contributed by atoms with van der Waals surface area (Å²) in [5.41, 5.74) is 5.83. The third kappa shape index (κ3) is 2.10. The van der Waals surface area contributed by atoms with Gasteiger partial charge >= 0.3 is 0 Å². The maximum Gasteiger partial charge on any atom is 0.136 e. The van der Waals surface area contributed by atoms with Crippen LogP contribution in [0.3, 0.4) is 0 Å². The van der Waals surface area contributed by atoms with Gasteiger partial charge in [-0.25, -0.2) is 9.97 Å². The van der Waals surface area contributed by atoms with Gasteiger partial charge in [0.05, 0.1) is 0 Å². The van der Waals surface area contributed by atoms with E-state index in [0.717, 1.165) is 24.1 Å². The van der Waals surface area contributed by atoms with Crippen molar-refractivity contribution in [2.45, 2.75) is 31.6 Å². The van der Waals surface area contributed by atoms with Gasteiger partial charge in [0.2, 0.25) is 0 Å². The lowest BCUT2D eigenvalue weighted by molar-refractivity contribution is 0.769. The highest BCUT2D eigenvalue weighted by atomic mass is 15.2. The van der Waals surface area contributed by atoms with Gasteiger partial charge in [0.1, 0.15) is 17.5 Å². The summed E-state index contributed by atoms with van der Waals surface area (Å²) < 4.78 is 0. The van der Waals surface area contributed by atoms with Gasteiger partial charge in [-0.05, 0) is 31.6 Å². The van der Waals surface area contributed by atoms with E-state index in [9.17, 15) is 0 Å². The molecule has 2 saturated carbocycles. The Balaban J connectivity index is 1.80. The van der Waals surface area contributed by atoms with Crippen LogP contribution in [0.15, 0.2) is 6.07 Å². The van der Waals surface area contributed by atoms with Crippen LogP contribution in [0.25, 0.3) is 0 Å². The zero-order chi connectivity index (χ0) is 11.1. The summed E-state index contributed by atoms with van der Waals surface area (Å²) in [6.07, 6.45) is 5.16. The van der Waals surface area contributed by atoms with Gasteiger partial charge in [-0.15, -0.1) is 0 Å². The number of rotatable bonds is 4. The Hall–Kier alpha value is -1.32. The average molecular weight is 218 g/mol. The topological polar surface area (TPSA) is 55.0 Å².